The second-order valence-electron chi connectivity index (χ2n) is 6.04. The molecule has 3 rings (SSSR count). The Morgan fingerprint density at radius 1 is 1.28 bits per heavy atom. The van der Waals surface area contributed by atoms with Crippen LogP contribution in [0.2, 0.25) is 5.02 Å². The summed E-state index contributed by atoms with van der Waals surface area (Å²) in [6.07, 6.45) is 1.53. The number of alkyl halides is 2. The maximum Gasteiger partial charge on any atom is 0.387 e. The fraction of sp³-hybridized carbons (Fsp3) is 0.211. The minimum absolute atomic E-state index is 0.106. The molecule has 0 aliphatic heterocycles. The number of anilines is 1. The number of carbonyl (C=O) groups excluding carboxylic acids is 1. The molecular weight excluding hydrogens is 422 g/mol. The van der Waals surface area contributed by atoms with Crippen LogP contribution in [0, 0.1) is 6.92 Å². The van der Waals surface area contributed by atoms with Gasteiger partial charge >= 0.3 is 6.61 Å². The molecule has 0 spiro atoms. The summed E-state index contributed by atoms with van der Waals surface area (Å²) in [7, 11) is 0. The quantitative estimate of drug-likeness (QED) is 0.528. The van der Waals surface area contributed by atoms with Crippen molar-refractivity contribution < 1.29 is 18.3 Å². The fourth-order valence-electron chi connectivity index (χ4n) is 2.43. The maximum absolute atomic E-state index is 12.6. The minimum Gasteiger partial charge on any atom is -0.433 e. The highest BCUT2D eigenvalue weighted by molar-refractivity contribution is 8.00. The predicted molar refractivity (Wildman–Crippen MR) is 108 cm³/mol. The van der Waals surface area contributed by atoms with Crippen LogP contribution in [0.25, 0.3) is 5.69 Å². The van der Waals surface area contributed by atoms with Crippen molar-refractivity contribution in [2.75, 3.05) is 5.32 Å². The molecule has 1 unspecified atom stereocenters. The zero-order valence-corrected chi connectivity index (χ0v) is 17.0. The molecule has 0 radical (unpaired) electrons. The smallest absolute Gasteiger partial charge is 0.387 e. The molecule has 0 fully saturated rings. The van der Waals surface area contributed by atoms with Crippen LogP contribution in [0.15, 0.2) is 53.9 Å². The zero-order valence-electron chi connectivity index (χ0n) is 15.5. The number of ether oxygens (including phenoxy) is 1. The Morgan fingerprint density at radius 3 is 2.76 bits per heavy atom. The van der Waals surface area contributed by atoms with Gasteiger partial charge in [-0.1, -0.05) is 41.6 Å². The Labute approximate surface area is 175 Å². The SMILES string of the molecule is Cc1ccc(-n2cnnc2SC(C)C(=O)Nc2ccccc2OC(F)F)cc1Cl. The molecule has 0 saturated heterocycles. The van der Waals surface area contributed by atoms with Crippen molar-refractivity contribution in [2.24, 2.45) is 0 Å². The van der Waals surface area contributed by atoms with E-state index in [9.17, 15) is 13.6 Å². The van der Waals surface area contributed by atoms with Crippen molar-refractivity contribution in [1.82, 2.24) is 14.8 Å². The van der Waals surface area contributed by atoms with Gasteiger partial charge in [0.25, 0.3) is 0 Å². The van der Waals surface area contributed by atoms with Gasteiger partial charge < -0.3 is 10.1 Å². The highest BCUT2D eigenvalue weighted by atomic mass is 35.5. The Hall–Kier alpha value is -2.65. The number of nitrogens with one attached hydrogen (secondary N) is 1. The van der Waals surface area contributed by atoms with Crippen LogP contribution < -0.4 is 10.1 Å². The first-order valence-electron chi connectivity index (χ1n) is 8.53. The average molecular weight is 439 g/mol. The molecule has 1 heterocycles. The minimum atomic E-state index is -2.99. The number of nitrogens with zero attached hydrogens (tertiary/aromatic N) is 3. The number of hydrogen-bond acceptors (Lipinski definition) is 5. The summed E-state index contributed by atoms with van der Waals surface area (Å²) < 4.78 is 31.2. The van der Waals surface area contributed by atoms with E-state index >= 15 is 0 Å². The lowest BCUT2D eigenvalue weighted by atomic mass is 10.2. The second-order valence-corrected chi connectivity index (χ2v) is 7.76. The number of thioether (sulfide) groups is 1. The number of carbonyl (C=O) groups is 1. The van der Waals surface area contributed by atoms with Gasteiger partial charge in [-0.15, -0.1) is 10.2 Å². The van der Waals surface area contributed by atoms with E-state index in [0.717, 1.165) is 11.3 Å². The van der Waals surface area contributed by atoms with E-state index in [0.29, 0.717) is 10.2 Å². The van der Waals surface area contributed by atoms with Crippen LogP contribution in [-0.4, -0.2) is 32.5 Å². The summed E-state index contributed by atoms with van der Waals surface area (Å²) in [6, 6.07) is 11.5. The Morgan fingerprint density at radius 2 is 2.03 bits per heavy atom. The van der Waals surface area contributed by atoms with E-state index < -0.39 is 17.8 Å². The Bertz CT molecular complexity index is 1020. The van der Waals surface area contributed by atoms with Gasteiger partial charge in [-0.25, -0.2) is 0 Å². The summed E-state index contributed by atoms with van der Waals surface area (Å²) in [5.74, 6) is -0.498. The molecule has 152 valence electrons. The van der Waals surface area contributed by atoms with Crippen molar-refractivity contribution in [1.29, 1.82) is 0 Å². The van der Waals surface area contributed by atoms with Gasteiger partial charge in [0.2, 0.25) is 5.91 Å². The third-order valence-electron chi connectivity index (χ3n) is 3.96. The molecule has 1 aromatic heterocycles. The number of aromatic nitrogens is 3. The maximum atomic E-state index is 12.6. The van der Waals surface area contributed by atoms with E-state index in [4.69, 9.17) is 11.6 Å². The third kappa shape index (κ3) is 5.24. The first kappa shape index (κ1) is 21.1. The van der Waals surface area contributed by atoms with E-state index in [1.54, 1.807) is 29.7 Å². The summed E-state index contributed by atoms with van der Waals surface area (Å²) in [5, 5.41) is 11.1. The van der Waals surface area contributed by atoms with Crippen molar-refractivity contribution in [3.8, 4) is 11.4 Å². The van der Waals surface area contributed by atoms with E-state index in [2.05, 4.69) is 20.3 Å². The van der Waals surface area contributed by atoms with Crippen molar-refractivity contribution >= 4 is 35.0 Å². The standard InChI is InChI=1S/C19H17ClF2N4O2S/c1-11-7-8-13(9-14(11)20)26-10-23-25-19(26)29-12(2)17(27)24-15-5-3-4-6-16(15)28-18(21)22/h3-10,12,18H,1-2H3,(H,24,27). The number of hydrogen-bond donors (Lipinski definition) is 1. The van der Waals surface area contributed by atoms with Gasteiger partial charge in [0.05, 0.1) is 16.6 Å². The molecule has 1 N–H and O–H groups in total. The van der Waals surface area contributed by atoms with Crippen LogP contribution in [0.3, 0.4) is 0 Å². The van der Waals surface area contributed by atoms with Crippen LogP contribution in [-0.2, 0) is 4.79 Å². The van der Waals surface area contributed by atoms with Gasteiger partial charge in [-0.05, 0) is 43.7 Å². The lowest BCUT2D eigenvalue weighted by Crippen LogP contribution is -2.23. The predicted octanol–water partition coefficient (Wildman–Crippen LogP) is 4.95. The van der Waals surface area contributed by atoms with Crippen molar-refractivity contribution in [3.63, 3.8) is 0 Å². The van der Waals surface area contributed by atoms with Crippen molar-refractivity contribution in [2.45, 2.75) is 30.9 Å². The number of amides is 1. The van der Waals surface area contributed by atoms with Gasteiger partial charge in [0.1, 0.15) is 12.1 Å². The van der Waals surface area contributed by atoms with Gasteiger partial charge in [0, 0.05) is 5.02 Å². The molecule has 1 atom stereocenters. The van der Waals surface area contributed by atoms with Gasteiger partial charge in [-0.2, -0.15) is 8.78 Å². The molecule has 0 bridgehead atoms. The van der Waals surface area contributed by atoms with E-state index in [1.165, 1.54) is 30.2 Å². The molecule has 0 aliphatic rings. The number of para-hydroxylation sites is 2. The summed E-state index contributed by atoms with van der Waals surface area (Å²) in [6.45, 7) is 0.591. The number of aryl methyl sites for hydroxylation is 1. The lowest BCUT2D eigenvalue weighted by molar-refractivity contribution is -0.115. The first-order valence-corrected chi connectivity index (χ1v) is 9.79. The molecule has 2 aromatic carbocycles. The molecule has 0 saturated carbocycles. The normalized spacial score (nSPS) is 12.1. The van der Waals surface area contributed by atoms with Gasteiger partial charge in [-0.3, -0.25) is 9.36 Å². The first-order chi connectivity index (χ1) is 13.8. The largest absolute Gasteiger partial charge is 0.433 e. The topological polar surface area (TPSA) is 69.0 Å². The zero-order chi connectivity index (χ0) is 21.0. The fourth-order valence-corrected chi connectivity index (χ4v) is 3.45. The highest BCUT2D eigenvalue weighted by Gasteiger charge is 2.20. The Kier molecular flexibility index (Phi) is 6.71. The highest BCUT2D eigenvalue weighted by Crippen LogP contribution is 2.29. The van der Waals surface area contributed by atoms with Crippen LogP contribution >= 0.6 is 23.4 Å². The number of rotatable bonds is 7. The summed E-state index contributed by atoms with van der Waals surface area (Å²) in [4.78, 5) is 12.6. The second kappa shape index (κ2) is 9.23. The molecule has 0 aliphatic carbocycles. The Balaban J connectivity index is 1.73. The van der Waals surface area contributed by atoms with E-state index in [1.807, 2.05) is 19.1 Å². The molecule has 3 aromatic rings. The monoisotopic (exact) mass is 438 g/mol. The molecule has 10 heteroatoms. The van der Waals surface area contributed by atoms with Crippen molar-refractivity contribution in [3.05, 3.63) is 59.4 Å². The number of benzene rings is 2. The van der Waals surface area contributed by atoms with Gasteiger partial charge in [0.15, 0.2) is 5.16 Å². The average Bonchev–Trinajstić information content (AvgIpc) is 3.13. The molecule has 29 heavy (non-hydrogen) atoms. The van der Waals surface area contributed by atoms with E-state index in [-0.39, 0.29) is 11.4 Å². The van der Waals surface area contributed by atoms with Crippen LogP contribution in [0.4, 0.5) is 14.5 Å². The van der Waals surface area contributed by atoms with Crippen LogP contribution in [0.1, 0.15) is 12.5 Å². The number of halogens is 3. The molecule has 6 nitrogen and oxygen atoms in total. The molecular formula is C19H17ClF2N4O2S. The third-order valence-corrected chi connectivity index (χ3v) is 5.43. The molecule has 1 amide bonds. The summed E-state index contributed by atoms with van der Waals surface area (Å²) >= 11 is 7.36. The lowest BCUT2D eigenvalue weighted by Gasteiger charge is -2.15. The summed E-state index contributed by atoms with van der Waals surface area (Å²) in [5.41, 5.74) is 1.86. The van der Waals surface area contributed by atoms with Crippen LogP contribution in [0.5, 0.6) is 5.75 Å².